The van der Waals surface area contributed by atoms with Crippen molar-refractivity contribution in [2.45, 2.75) is 24.3 Å². The van der Waals surface area contributed by atoms with Crippen LogP contribution in [-0.4, -0.2) is 32.7 Å². The van der Waals surface area contributed by atoms with Gasteiger partial charge in [0.25, 0.3) is 0 Å². The zero-order valence-corrected chi connectivity index (χ0v) is 12.6. The van der Waals surface area contributed by atoms with E-state index >= 15 is 0 Å². The maximum Gasteiger partial charge on any atom is 0.177 e. The zero-order chi connectivity index (χ0) is 13.8. The molecule has 4 nitrogen and oxygen atoms in total. The number of para-hydroxylation sites is 1. The molecule has 0 aliphatic heterocycles. The van der Waals surface area contributed by atoms with E-state index in [1.54, 1.807) is 23.9 Å². The van der Waals surface area contributed by atoms with Gasteiger partial charge in [-0.05, 0) is 37.5 Å². The number of nitrogen functional groups attached to an aromatic ring is 1. The lowest BCUT2D eigenvalue weighted by Crippen LogP contribution is -2.17. The Morgan fingerprint density at radius 1 is 1.44 bits per heavy atom. The highest BCUT2D eigenvalue weighted by Gasteiger charge is 2.14. The molecule has 0 aliphatic rings. The molecule has 0 bridgehead atoms. The number of hydrogen-bond donors (Lipinski definition) is 2. The molecule has 0 radical (unpaired) electrons. The van der Waals surface area contributed by atoms with Gasteiger partial charge in [0.05, 0.1) is 16.3 Å². The van der Waals surface area contributed by atoms with E-state index in [4.69, 9.17) is 5.73 Å². The van der Waals surface area contributed by atoms with Crippen LogP contribution in [-0.2, 0) is 9.84 Å². The lowest BCUT2D eigenvalue weighted by molar-refractivity contribution is 0.602. The van der Waals surface area contributed by atoms with Gasteiger partial charge in [-0.1, -0.05) is 6.07 Å². The topological polar surface area (TPSA) is 72.2 Å². The quantitative estimate of drug-likeness (QED) is 0.785. The molecule has 0 heterocycles. The van der Waals surface area contributed by atoms with E-state index in [0.717, 1.165) is 12.2 Å². The molecule has 0 saturated heterocycles. The van der Waals surface area contributed by atoms with Gasteiger partial charge in [-0.25, -0.2) is 8.42 Å². The van der Waals surface area contributed by atoms with Gasteiger partial charge in [-0.2, -0.15) is 11.8 Å². The molecule has 1 unspecified atom stereocenters. The van der Waals surface area contributed by atoms with Crippen LogP contribution < -0.4 is 11.1 Å². The predicted molar refractivity (Wildman–Crippen MR) is 80.0 cm³/mol. The Kier molecular flexibility index (Phi) is 5.34. The van der Waals surface area contributed by atoms with E-state index in [0.29, 0.717) is 11.4 Å². The Bertz CT molecular complexity index is 501. The number of sulfone groups is 1. The van der Waals surface area contributed by atoms with Gasteiger partial charge in [0.2, 0.25) is 0 Å². The summed E-state index contributed by atoms with van der Waals surface area (Å²) in [6, 6.07) is 5.30. The number of anilines is 2. The summed E-state index contributed by atoms with van der Waals surface area (Å²) in [5, 5.41) is 3.25. The maximum atomic E-state index is 11.6. The van der Waals surface area contributed by atoms with Crippen molar-refractivity contribution in [1.29, 1.82) is 0 Å². The van der Waals surface area contributed by atoms with Crippen molar-refractivity contribution in [2.75, 3.05) is 29.3 Å². The van der Waals surface area contributed by atoms with E-state index in [1.807, 2.05) is 0 Å². The van der Waals surface area contributed by atoms with Crippen molar-refractivity contribution in [3.8, 4) is 0 Å². The molecule has 0 spiro atoms. The monoisotopic (exact) mass is 288 g/mol. The van der Waals surface area contributed by atoms with Crippen LogP contribution in [0.1, 0.15) is 13.3 Å². The summed E-state index contributed by atoms with van der Waals surface area (Å²) in [6.07, 6.45) is 4.23. The van der Waals surface area contributed by atoms with Crippen LogP contribution in [0.25, 0.3) is 0 Å². The Morgan fingerprint density at radius 3 is 2.67 bits per heavy atom. The molecule has 1 aromatic carbocycles. The van der Waals surface area contributed by atoms with E-state index in [1.165, 1.54) is 12.3 Å². The molecule has 0 amide bonds. The summed E-state index contributed by atoms with van der Waals surface area (Å²) in [6.45, 7) is 2.06. The first-order chi connectivity index (χ1) is 8.36. The third-order valence-corrected chi connectivity index (χ3v) is 4.42. The van der Waals surface area contributed by atoms with Crippen molar-refractivity contribution in [2.24, 2.45) is 0 Å². The molecule has 0 aromatic heterocycles. The zero-order valence-electron chi connectivity index (χ0n) is 10.9. The number of nitrogens with one attached hydrogen (secondary N) is 1. The fourth-order valence-electron chi connectivity index (χ4n) is 1.63. The summed E-state index contributed by atoms with van der Waals surface area (Å²) in [4.78, 5) is 0.185. The minimum atomic E-state index is -3.28. The number of thioether (sulfide) groups is 1. The van der Waals surface area contributed by atoms with Crippen LogP contribution in [0.15, 0.2) is 23.1 Å². The molecule has 1 atom stereocenters. The standard InChI is InChI=1S/C12H20N2O2S2/c1-9(7-8-17-2)14-10-5-4-6-11(12(10)13)18(3,15)16/h4-6,9,14H,7-8,13H2,1-3H3. The Labute approximate surface area is 113 Å². The molecule has 3 N–H and O–H groups in total. The van der Waals surface area contributed by atoms with Gasteiger partial charge in [0, 0.05) is 12.3 Å². The molecular weight excluding hydrogens is 268 g/mol. The summed E-state index contributed by atoms with van der Waals surface area (Å²) in [7, 11) is -3.28. The van der Waals surface area contributed by atoms with E-state index in [2.05, 4.69) is 18.5 Å². The first kappa shape index (κ1) is 15.2. The second-order valence-electron chi connectivity index (χ2n) is 4.32. The van der Waals surface area contributed by atoms with Crippen molar-refractivity contribution in [3.63, 3.8) is 0 Å². The van der Waals surface area contributed by atoms with Crippen molar-refractivity contribution >= 4 is 33.0 Å². The van der Waals surface area contributed by atoms with Crippen LogP contribution in [0, 0.1) is 0 Å². The van der Waals surface area contributed by atoms with Gasteiger partial charge in [0.15, 0.2) is 9.84 Å². The van der Waals surface area contributed by atoms with Gasteiger partial charge in [-0.3, -0.25) is 0 Å². The minimum Gasteiger partial charge on any atom is -0.396 e. The molecule has 6 heteroatoms. The molecule has 0 aliphatic carbocycles. The number of benzene rings is 1. The highest BCUT2D eigenvalue weighted by Crippen LogP contribution is 2.27. The molecule has 102 valence electrons. The molecule has 1 aromatic rings. The number of rotatable bonds is 6. The minimum absolute atomic E-state index is 0.185. The van der Waals surface area contributed by atoms with Crippen LogP contribution >= 0.6 is 11.8 Å². The molecule has 0 saturated carbocycles. The normalized spacial score (nSPS) is 13.3. The Hall–Kier alpha value is -0.880. The largest absolute Gasteiger partial charge is 0.396 e. The van der Waals surface area contributed by atoms with Gasteiger partial charge in [-0.15, -0.1) is 0 Å². The van der Waals surface area contributed by atoms with Gasteiger partial charge < -0.3 is 11.1 Å². The smallest absolute Gasteiger partial charge is 0.177 e. The first-order valence-corrected chi connectivity index (χ1v) is 8.98. The average molecular weight is 288 g/mol. The SMILES string of the molecule is CSCCC(C)Nc1cccc(S(C)(=O)=O)c1N. The molecule has 18 heavy (non-hydrogen) atoms. The molecular formula is C12H20N2O2S2. The van der Waals surface area contributed by atoms with Crippen molar-refractivity contribution < 1.29 is 8.42 Å². The number of hydrogen-bond acceptors (Lipinski definition) is 5. The molecule has 1 rings (SSSR count). The molecule has 0 fully saturated rings. The highest BCUT2D eigenvalue weighted by atomic mass is 32.2. The lowest BCUT2D eigenvalue weighted by Gasteiger charge is -2.17. The van der Waals surface area contributed by atoms with E-state index in [-0.39, 0.29) is 10.9 Å². The Balaban J connectivity index is 2.91. The fourth-order valence-corrected chi connectivity index (χ4v) is 3.05. The summed E-state index contributed by atoms with van der Waals surface area (Å²) >= 11 is 1.78. The predicted octanol–water partition coefficient (Wildman–Crippen LogP) is 2.23. The van der Waals surface area contributed by atoms with Crippen LogP contribution in [0.4, 0.5) is 11.4 Å². The third kappa shape index (κ3) is 4.10. The van der Waals surface area contributed by atoms with E-state index < -0.39 is 9.84 Å². The fraction of sp³-hybridized carbons (Fsp3) is 0.500. The van der Waals surface area contributed by atoms with Crippen LogP contribution in [0.2, 0.25) is 0 Å². The number of nitrogens with two attached hydrogens (primary N) is 1. The maximum absolute atomic E-state index is 11.6. The summed E-state index contributed by atoms with van der Waals surface area (Å²) in [5.41, 5.74) is 6.89. The van der Waals surface area contributed by atoms with Crippen LogP contribution in [0.3, 0.4) is 0 Å². The van der Waals surface area contributed by atoms with Crippen molar-refractivity contribution in [1.82, 2.24) is 0 Å². The third-order valence-electron chi connectivity index (χ3n) is 2.62. The average Bonchev–Trinajstić information content (AvgIpc) is 2.27. The Morgan fingerprint density at radius 2 is 2.11 bits per heavy atom. The van der Waals surface area contributed by atoms with Crippen LogP contribution in [0.5, 0.6) is 0 Å². The van der Waals surface area contributed by atoms with E-state index in [9.17, 15) is 8.42 Å². The highest BCUT2D eigenvalue weighted by molar-refractivity contribution is 7.98. The van der Waals surface area contributed by atoms with Gasteiger partial charge in [0.1, 0.15) is 0 Å². The van der Waals surface area contributed by atoms with Gasteiger partial charge >= 0.3 is 0 Å². The summed E-state index contributed by atoms with van der Waals surface area (Å²) in [5.74, 6) is 1.06. The summed E-state index contributed by atoms with van der Waals surface area (Å²) < 4.78 is 23.1. The van der Waals surface area contributed by atoms with Crippen molar-refractivity contribution in [3.05, 3.63) is 18.2 Å². The first-order valence-electron chi connectivity index (χ1n) is 5.70. The second-order valence-corrected chi connectivity index (χ2v) is 7.29. The lowest BCUT2D eigenvalue weighted by atomic mass is 10.2. The second kappa shape index (κ2) is 6.33.